The average molecular weight is 420 g/mol. The summed E-state index contributed by atoms with van der Waals surface area (Å²) in [6.45, 7) is 5.80. The predicted octanol–water partition coefficient (Wildman–Crippen LogP) is 5.04. The zero-order chi connectivity index (χ0) is 19.7. The van der Waals surface area contributed by atoms with Crippen LogP contribution in [0.2, 0.25) is 10.0 Å². The first-order valence-corrected chi connectivity index (χ1v) is 9.54. The second kappa shape index (κ2) is 7.89. The number of carbonyl (C=O) groups is 1. The standard InChI is InChI=1S/C20H19Cl2N3OS/c1-10-6-11(2)8-14(7-10)24-19(26)17-12(3)23-20(27)25-18(17)15-5-4-13(21)9-16(15)22/h4-9,18H,1-3H3,(H,24,26)(H2,23,25,27)/t18-/m0/s1. The highest BCUT2D eigenvalue weighted by atomic mass is 35.5. The van der Waals surface area contributed by atoms with Crippen LogP contribution >= 0.6 is 35.4 Å². The molecular weight excluding hydrogens is 401 g/mol. The van der Waals surface area contributed by atoms with E-state index in [4.69, 9.17) is 35.4 Å². The molecule has 0 aliphatic carbocycles. The van der Waals surface area contributed by atoms with Crippen LogP contribution in [0.3, 0.4) is 0 Å². The first kappa shape index (κ1) is 19.7. The minimum absolute atomic E-state index is 0.226. The van der Waals surface area contributed by atoms with Gasteiger partial charge in [-0.3, -0.25) is 4.79 Å². The summed E-state index contributed by atoms with van der Waals surface area (Å²) in [7, 11) is 0. The van der Waals surface area contributed by atoms with Crippen molar-refractivity contribution in [1.82, 2.24) is 10.6 Å². The molecule has 27 heavy (non-hydrogen) atoms. The van der Waals surface area contributed by atoms with Gasteiger partial charge in [-0.05, 0) is 73.9 Å². The maximum atomic E-state index is 13.1. The molecule has 1 amide bonds. The lowest BCUT2D eigenvalue weighted by Crippen LogP contribution is -2.45. The number of benzene rings is 2. The van der Waals surface area contributed by atoms with Crippen molar-refractivity contribution in [1.29, 1.82) is 0 Å². The quantitative estimate of drug-likeness (QED) is 0.609. The summed E-state index contributed by atoms with van der Waals surface area (Å²) >= 11 is 17.7. The van der Waals surface area contributed by atoms with Crippen molar-refractivity contribution >= 4 is 52.1 Å². The lowest BCUT2D eigenvalue weighted by atomic mass is 9.94. The number of hydrogen-bond acceptors (Lipinski definition) is 2. The molecule has 0 spiro atoms. The molecule has 1 atom stereocenters. The van der Waals surface area contributed by atoms with Crippen molar-refractivity contribution in [3.8, 4) is 0 Å². The molecule has 3 N–H and O–H groups in total. The van der Waals surface area contributed by atoms with E-state index in [1.54, 1.807) is 18.2 Å². The highest BCUT2D eigenvalue weighted by Crippen LogP contribution is 2.33. The summed E-state index contributed by atoms with van der Waals surface area (Å²) < 4.78 is 0. The number of amides is 1. The summed E-state index contributed by atoms with van der Waals surface area (Å²) in [5, 5.41) is 10.6. The summed E-state index contributed by atoms with van der Waals surface area (Å²) in [5.74, 6) is -0.226. The van der Waals surface area contributed by atoms with Crippen LogP contribution in [-0.2, 0) is 4.79 Å². The molecule has 2 aromatic carbocycles. The number of thiocarbonyl (C=S) groups is 1. The number of anilines is 1. The van der Waals surface area contributed by atoms with Gasteiger partial charge in [-0.25, -0.2) is 0 Å². The molecule has 2 aromatic rings. The Morgan fingerprint density at radius 3 is 2.37 bits per heavy atom. The van der Waals surface area contributed by atoms with Crippen molar-refractivity contribution < 1.29 is 4.79 Å². The Morgan fingerprint density at radius 2 is 1.74 bits per heavy atom. The molecule has 0 radical (unpaired) electrons. The van der Waals surface area contributed by atoms with E-state index >= 15 is 0 Å². The van der Waals surface area contributed by atoms with E-state index in [0.717, 1.165) is 22.4 Å². The molecule has 0 saturated heterocycles. The number of allylic oxidation sites excluding steroid dienone is 1. The Balaban J connectivity index is 1.99. The van der Waals surface area contributed by atoms with Gasteiger partial charge in [0.1, 0.15) is 0 Å². The predicted molar refractivity (Wildman–Crippen MR) is 115 cm³/mol. The molecule has 1 aliphatic heterocycles. The number of carbonyl (C=O) groups excluding carboxylic acids is 1. The van der Waals surface area contributed by atoms with E-state index in [1.807, 2.05) is 32.9 Å². The molecule has 0 aromatic heterocycles. The molecule has 0 unspecified atom stereocenters. The van der Waals surface area contributed by atoms with E-state index in [0.29, 0.717) is 26.4 Å². The molecule has 0 bridgehead atoms. The second-order valence-corrected chi connectivity index (χ2v) is 7.82. The first-order chi connectivity index (χ1) is 12.7. The van der Waals surface area contributed by atoms with Gasteiger partial charge in [0.2, 0.25) is 0 Å². The lowest BCUT2D eigenvalue weighted by Gasteiger charge is -2.31. The van der Waals surface area contributed by atoms with Gasteiger partial charge >= 0.3 is 0 Å². The Morgan fingerprint density at radius 1 is 1.07 bits per heavy atom. The fourth-order valence-electron chi connectivity index (χ4n) is 3.21. The fourth-order valence-corrected chi connectivity index (χ4v) is 4.00. The molecule has 0 saturated carbocycles. The van der Waals surface area contributed by atoms with Crippen molar-refractivity contribution in [2.45, 2.75) is 26.8 Å². The van der Waals surface area contributed by atoms with Crippen LogP contribution in [0.15, 0.2) is 47.7 Å². The molecule has 4 nitrogen and oxygen atoms in total. The molecule has 1 aliphatic rings. The van der Waals surface area contributed by atoms with Crippen LogP contribution in [0.25, 0.3) is 0 Å². The molecule has 1 heterocycles. The van der Waals surface area contributed by atoms with Gasteiger partial charge in [0.25, 0.3) is 5.91 Å². The van der Waals surface area contributed by atoms with E-state index in [-0.39, 0.29) is 5.91 Å². The number of halogens is 2. The molecular formula is C20H19Cl2N3OS. The van der Waals surface area contributed by atoms with Crippen molar-refractivity contribution in [2.75, 3.05) is 5.32 Å². The van der Waals surface area contributed by atoms with E-state index < -0.39 is 6.04 Å². The normalized spacial score (nSPS) is 16.6. The van der Waals surface area contributed by atoms with Crippen molar-refractivity contribution in [3.05, 3.63) is 74.4 Å². The van der Waals surface area contributed by atoms with Gasteiger partial charge < -0.3 is 16.0 Å². The van der Waals surface area contributed by atoms with Gasteiger partial charge in [0.15, 0.2) is 5.11 Å². The average Bonchev–Trinajstić information content (AvgIpc) is 2.52. The zero-order valence-corrected chi connectivity index (χ0v) is 17.4. The van der Waals surface area contributed by atoms with Crippen LogP contribution in [0.1, 0.15) is 29.7 Å². The number of rotatable bonds is 3. The van der Waals surface area contributed by atoms with Crippen LogP contribution in [0.5, 0.6) is 0 Å². The number of aryl methyl sites for hydroxylation is 2. The summed E-state index contributed by atoms with van der Waals surface area (Å²) in [6, 6.07) is 10.6. The van der Waals surface area contributed by atoms with Crippen LogP contribution in [0.4, 0.5) is 5.69 Å². The number of hydrogen-bond donors (Lipinski definition) is 3. The maximum absolute atomic E-state index is 13.1. The van der Waals surface area contributed by atoms with Crippen molar-refractivity contribution in [2.24, 2.45) is 0 Å². The minimum atomic E-state index is -0.477. The Kier molecular flexibility index (Phi) is 5.75. The topological polar surface area (TPSA) is 53.2 Å². The third-order valence-electron chi connectivity index (χ3n) is 4.27. The molecule has 140 valence electrons. The van der Waals surface area contributed by atoms with Crippen LogP contribution in [-0.4, -0.2) is 11.0 Å². The van der Waals surface area contributed by atoms with Gasteiger partial charge in [-0.15, -0.1) is 0 Å². The Labute approximate surface area is 173 Å². The molecule has 0 fully saturated rings. The second-order valence-electron chi connectivity index (χ2n) is 6.57. The molecule has 3 rings (SSSR count). The van der Waals surface area contributed by atoms with E-state index in [9.17, 15) is 4.79 Å². The fraction of sp³-hybridized carbons (Fsp3) is 0.200. The third-order valence-corrected chi connectivity index (χ3v) is 5.05. The van der Waals surface area contributed by atoms with Gasteiger partial charge in [-0.2, -0.15) is 0 Å². The Hall–Kier alpha value is -2.08. The van der Waals surface area contributed by atoms with Gasteiger partial charge in [-0.1, -0.05) is 35.3 Å². The monoisotopic (exact) mass is 419 g/mol. The van der Waals surface area contributed by atoms with Crippen LogP contribution in [0, 0.1) is 13.8 Å². The highest BCUT2D eigenvalue weighted by molar-refractivity contribution is 7.80. The first-order valence-electron chi connectivity index (χ1n) is 8.37. The van der Waals surface area contributed by atoms with E-state index in [1.165, 1.54) is 0 Å². The SMILES string of the molecule is CC1=C(C(=O)Nc2cc(C)cc(C)c2)[C@H](c2ccc(Cl)cc2Cl)NC(=S)N1. The Bertz CT molecular complexity index is 951. The summed E-state index contributed by atoms with van der Waals surface area (Å²) in [6.07, 6.45) is 0. The summed E-state index contributed by atoms with van der Waals surface area (Å²) in [5.41, 5.74) is 4.83. The third kappa shape index (κ3) is 4.43. The zero-order valence-electron chi connectivity index (χ0n) is 15.1. The highest BCUT2D eigenvalue weighted by Gasteiger charge is 2.31. The minimum Gasteiger partial charge on any atom is -0.351 e. The molecule has 7 heteroatoms. The number of nitrogens with one attached hydrogen (secondary N) is 3. The smallest absolute Gasteiger partial charge is 0.255 e. The maximum Gasteiger partial charge on any atom is 0.255 e. The van der Waals surface area contributed by atoms with Gasteiger partial charge in [0.05, 0.1) is 11.6 Å². The van der Waals surface area contributed by atoms with Crippen LogP contribution < -0.4 is 16.0 Å². The van der Waals surface area contributed by atoms with Gasteiger partial charge in [0, 0.05) is 21.4 Å². The largest absolute Gasteiger partial charge is 0.351 e. The lowest BCUT2D eigenvalue weighted by molar-refractivity contribution is -0.113. The van der Waals surface area contributed by atoms with Crippen molar-refractivity contribution in [3.63, 3.8) is 0 Å². The van der Waals surface area contributed by atoms with E-state index in [2.05, 4.69) is 22.0 Å². The summed E-state index contributed by atoms with van der Waals surface area (Å²) in [4.78, 5) is 13.1.